The highest BCUT2D eigenvalue weighted by atomic mass is 16.5. The summed E-state index contributed by atoms with van der Waals surface area (Å²) in [4.78, 5) is 11.0. The third kappa shape index (κ3) is 6.00. The second-order valence-corrected chi connectivity index (χ2v) is 3.72. The van der Waals surface area contributed by atoms with E-state index in [1.807, 2.05) is 26.2 Å². The first-order valence-electron chi connectivity index (χ1n) is 5.88. The molecule has 1 aromatic heterocycles. The van der Waals surface area contributed by atoms with E-state index in [0.717, 1.165) is 5.56 Å². The van der Waals surface area contributed by atoms with E-state index in [2.05, 4.69) is 10.4 Å². The van der Waals surface area contributed by atoms with E-state index >= 15 is 0 Å². The molecule has 0 aromatic carbocycles. The highest BCUT2D eigenvalue weighted by molar-refractivity contribution is 5.87. The molecule has 1 aromatic rings. The average molecular weight is 249 g/mol. The number of hydrogen-bond donors (Lipinski definition) is 1. The van der Waals surface area contributed by atoms with Gasteiger partial charge in [0.05, 0.1) is 19.4 Å². The number of carbonyl (C=O) groups excluding carboxylic acids is 1. The lowest BCUT2D eigenvalue weighted by Crippen LogP contribution is -2.19. The van der Waals surface area contributed by atoms with Gasteiger partial charge in [0.2, 0.25) is 5.91 Å². The molecule has 1 N–H and O–H groups in total. The van der Waals surface area contributed by atoms with Crippen molar-refractivity contribution in [2.45, 2.75) is 13.5 Å². The van der Waals surface area contributed by atoms with Crippen LogP contribution in [0.2, 0.25) is 0 Å². The molecule has 0 saturated heterocycles. The van der Waals surface area contributed by atoms with Gasteiger partial charge in [0.15, 0.2) is 0 Å². The van der Waals surface area contributed by atoms with Crippen LogP contribution in [0.5, 0.6) is 0 Å². The lowest BCUT2D eigenvalue weighted by Gasteiger charge is -1.96. The molecule has 0 radical (unpaired) electrons. The number of allylic oxidation sites excluding steroid dienone is 2. The first kappa shape index (κ1) is 14.2. The Morgan fingerprint density at radius 2 is 2.39 bits per heavy atom. The fraction of sp³-hybridized carbons (Fsp3) is 0.385. The summed E-state index contributed by atoms with van der Waals surface area (Å²) in [6, 6.07) is 0. The summed E-state index contributed by atoms with van der Waals surface area (Å²) in [5, 5.41) is 6.72. The minimum Gasteiger partial charge on any atom is -0.373 e. The van der Waals surface area contributed by atoms with Crippen molar-refractivity contribution in [1.29, 1.82) is 0 Å². The molecule has 1 amide bonds. The SMILES string of the molecule is CCNC(=O)/C=C/C=C/COCc1cnn(C)c1. The minimum absolute atomic E-state index is 0.0848. The Hall–Kier alpha value is -1.88. The van der Waals surface area contributed by atoms with E-state index in [1.165, 1.54) is 6.08 Å². The van der Waals surface area contributed by atoms with E-state index in [-0.39, 0.29) is 5.91 Å². The van der Waals surface area contributed by atoms with E-state index in [4.69, 9.17) is 4.74 Å². The molecule has 18 heavy (non-hydrogen) atoms. The zero-order chi connectivity index (χ0) is 13.2. The molecule has 0 aliphatic rings. The van der Waals surface area contributed by atoms with Crippen molar-refractivity contribution in [3.8, 4) is 0 Å². The molecule has 98 valence electrons. The van der Waals surface area contributed by atoms with Crippen LogP contribution in [0.4, 0.5) is 0 Å². The van der Waals surface area contributed by atoms with Crippen LogP contribution in [-0.4, -0.2) is 28.8 Å². The fourth-order valence-electron chi connectivity index (χ4n) is 1.30. The molecule has 0 unspecified atom stereocenters. The maximum absolute atomic E-state index is 11.0. The van der Waals surface area contributed by atoms with Crippen molar-refractivity contribution in [2.24, 2.45) is 7.05 Å². The maximum Gasteiger partial charge on any atom is 0.243 e. The normalized spacial score (nSPS) is 11.4. The van der Waals surface area contributed by atoms with Crippen molar-refractivity contribution >= 4 is 5.91 Å². The Morgan fingerprint density at radius 1 is 1.56 bits per heavy atom. The van der Waals surface area contributed by atoms with Crippen LogP contribution >= 0.6 is 0 Å². The topological polar surface area (TPSA) is 56.1 Å². The van der Waals surface area contributed by atoms with E-state index in [1.54, 1.807) is 23.0 Å². The van der Waals surface area contributed by atoms with Gasteiger partial charge >= 0.3 is 0 Å². The van der Waals surface area contributed by atoms with Gasteiger partial charge in [-0.2, -0.15) is 5.10 Å². The van der Waals surface area contributed by atoms with E-state index in [9.17, 15) is 4.79 Å². The zero-order valence-corrected chi connectivity index (χ0v) is 10.8. The van der Waals surface area contributed by atoms with Crippen LogP contribution in [0.3, 0.4) is 0 Å². The average Bonchev–Trinajstić information content (AvgIpc) is 2.74. The predicted molar refractivity (Wildman–Crippen MR) is 69.8 cm³/mol. The molecule has 0 saturated carbocycles. The highest BCUT2D eigenvalue weighted by Crippen LogP contribution is 1.98. The number of ether oxygens (including phenoxy) is 1. The number of amides is 1. The fourth-order valence-corrected chi connectivity index (χ4v) is 1.30. The van der Waals surface area contributed by atoms with Gasteiger partial charge in [-0.1, -0.05) is 18.2 Å². The van der Waals surface area contributed by atoms with Gasteiger partial charge in [0.1, 0.15) is 0 Å². The van der Waals surface area contributed by atoms with Gasteiger partial charge in [-0.25, -0.2) is 0 Å². The third-order valence-electron chi connectivity index (χ3n) is 2.09. The largest absolute Gasteiger partial charge is 0.373 e. The molecule has 0 bridgehead atoms. The van der Waals surface area contributed by atoms with Crippen molar-refractivity contribution in [3.05, 3.63) is 42.3 Å². The summed E-state index contributed by atoms with van der Waals surface area (Å²) in [6.45, 7) is 3.57. The molecule has 0 aliphatic carbocycles. The van der Waals surface area contributed by atoms with E-state index in [0.29, 0.717) is 19.8 Å². The Morgan fingerprint density at radius 3 is 3.06 bits per heavy atom. The number of rotatable bonds is 7. The van der Waals surface area contributed by atoms with E-state index < -0.39 is 0 Å². The van der Waals surface area contributed by atoms with Crippen molar-refractivity contribution in [1.82, 2.24) is 15.1 Å². The predicted octanol–water partition coefficient (Wildman–Crippen LogP) is 1.19. The second-order valence-electron chi connectivity index (χ2n) is 3.72. The molecule has 0 aliphatic heterocycles. The summed E-state index contributed by atoms with van der Waals surface area (Å²) in [5.41, 5.74) is 1.05. The maximum atomic E-state index is 11.0. The molecular weight excluding hydrogens is 230 g/mol. The van der Waals surface area contributed by atoms with Gasteiger partial charge < -0.3 is 10.1 Å². The lowest BCUT2D eigenvalue weighted by molar-refractivity contribution is -0.116. The van der Waals surface area contributed by atoms with Gasteiger partial charge in [0.25, 0.3) is 0 Å². The van der Waals surface area contributed by atoms with Crippen molar-refractivity contribution in [2.75, 3.05) is 13.2 Å². The molecule has 1 rings (SSSR count). The Labute approximate surface area is 107 Å². The molecule has 0 spiro atoms. The summed E-state index contributed by atoms with van der Waals surface area (Å²) in [6.07, 6.45) is 10.5. The summed E-state index contributed by atoms with van der Waals surface area (Å²) in [7, 11) is 1.87. The molecule has 5 nitrogen and oxygen atoms in total. The van der Waals surface area contributed by atoms with Crippen LogP contribution < -0.4 is 5.32 Å². The highest BCUT2D eigenvalue weighted by Gasteiger charge is 1.94. The van der Waals surface area contributed by atoms with Crippen LogP contribution in [0.25, 0.3) is 0 Å². The number of nitrogens with zero attached hydrogens (tertiary/aromatic N) is 2. The van der Waals surface area contributed by atoms with Gasteiger partial charge in [0, 0.05) is 31.4 Å². The molecular formula is C13H19N3O2. The van der Waals surface area contributed by atoms with Crippen LogP contribution in [-0.2, 0) is 23.2 Å². The van der Waals surface area contributed by atoms with Crippen LogP contribution in [0.15, 0.2) is 36.7 Å². The van der Waals surface area contributed by atoms with Gasteiger partial charge in [-0.3, -0.25) is 9.48 Å². The number of hydrogen-bond acceptors (Lipinski definition) is 3. The Kier molecular flexibility index (Phi) is 6.50. The van der Waals surface area contributed by atoms with Gasteiger partial charge in [-0.15, -0.1) is 0 Å². The molecule has 5 heteroatoms. The molecule has 1 heterocycles. The van der Waals surface area contributed by atoms with Crippen molar-refractivity contribution in [3.63, 3.8) is 0 Å². The third-order valence-corrected chi connectivity index (χ3v) is 2.09. The van der Waals surface area contributed by atoms with Crippen LogP contribution in [0.1, 0.15) is 12.5 Å². The quantitative estimate of drug-likeness (QED) is 0.448. The van der Waals surface area contributed by atoms with Gasteiger partial charge in [-0.05, 0) is 6.92 Å². The Bertz CT molecular complexity index is 422. The molecule has 0 fully saturated rings. The minimum atomic E-state index is -0.0848. The summed E-state index contributed by atoms with van der Waals surface area (Å²) in [5.74, 6) is -0.0848. The van der Waals surface area contributed by atoms with Crippen molar-refractivity contribution < 1.29 is 9.53 Å². The van der Waals surface area contributed by atoms with Crippen LogP contribution in [0, 0.1) is 0 Å². The number of aryl methyl sites for hydroxylation is 1. The first-order valence-corrected chi connectivity index (χ1v) is 5.88. The number of likely N-dealkylation sites (N-methyl/N-ethyl adjacent to an activating group) is 1. The number of carbonyl (C=O) groups is 1. The number of aromatic nitrogens is 2. The first-order chi connectivity index (χ1) is 8.72. The monoisotopic (exact) mass is 249 g/mol. The summed E-state index contributed by atoms with van der Waals surface area (Å²) < 4.78 is 7.15. The second kappa shape index (κ2) is 8.25. The lowest BCUT2D eigenvalue weighted by atomic mass is 10.4. The Balaban J connectivity index is 2.12. The zero-order valence-electron chi connectivity index (χ0n) is 10.8. The summed E-state index contributed by atoms with van der Waals surface area (Å²) >= 11 is 0. The standard InChI is InChI=1S/C13H19N3O2/c1-3-14-13(17)7-5-4-6-8-18-11-12-9-15-16(2)10-12/h4-7,9-10H,3,8,11H2,1-2H3,(H,14,17)/b6-4+,7-5+. The smallest absolute Gasteiger partial charge is 0.243 e. The number of nitrogens with one attached hydrogen (secondary N) is 1. The molecule has 0 atom stereocenters.